The fourth-order valence-electron chi connectivity index (χ4n) is 3.30. The van der Waals surface area contributed by atoms with E-state index in [0.29, 0.717) is 17.5 Å². The summed E-state index contributed by atoms with van der Waals surface area (Å²) in [5.41, 5.74) is 5.39. The van der Waals surface area contributed by atoms with Crippen LogP contribution in [0.15, 0.2) is 66.7 Å². The molecule has 0 aliphatic carbocycles. The summed E-state index contributed by atoms with van der Waals surface area (Å²) in [5, 5.41) is 0.644. The van der Waals surface area contributed by atoms with Crippen LogP contribution < -0.4 is 4.90 Å². The molecular formula is C24H22ClN3O2. The van der Waals surface area contributed by atoms with E-state index in [1.54, 1.807) is 11.9 Å². The summed E-state index contributed by atoms with van der Waals surface area (Å²) in [4.78, 5) is 22.4. The molecule has 4 rings (SSSR count). The molecule has 0 aliphatic rings. The van der Waals surface area contributed by atoms with Crippen LogP contribution in [0.3, 0.4) is 0 Å². The standard InChI is InChI=1S/C24H22ClN3O2/c1-16-8-11-22(28(2)23(29)15-30-14-17-6-4-3-5-7-17)19(12-16)24-26-20-10-9-18(25)13-21(20)27-24/h3-13H,14-15H2,1-2H3,(H,26,27). The van der Waals surface area contributed by atoms with Crippen LogP contribution >= 0.6 is 11.6 Å². The van der Waals surface area contributed by atoms with E-state index in [-0.39, 0.29) is 12.5 Å². The number of nitrogens with zero attached hydrogens (tertiary/aromatic N) is 2. The van der Waals surface area contributed by atoms with E-state index in [9.17, 15) is 4.79 Å². The lowest BCUT2D eigenvalue weighted by Crippen LogP contribution is -2.30. The third-order valence-electron chi connectivity index (χ3n) is 4.92. The van der Waals surface area contributed by atoms with Gasteiger partial charge in [-0.1, -0.05) is 53.6 Å². The number of hydrogen-bond acceptors (Lipinski definition) is 3. The summed E-state index contributed by atoms with van der Waals surface area (Å²) in [6.07, 6.45) is 0. The first-order chi connectivity index (χ1) is 14.5. The summed E-state index contributed by atoms with van der Waals surface area (Å²) in [6.45, 7) is 2.40. The molecule has 0 saturated heterocycles. The molecule has 0 aliphatic heterocycles. The number of carbonyl (C=O) groups is 1. The highest BCUT2D eigenvalue weighted by Gasteiger charge is 2.18. The molecule has 1 amide bonds. The van der Waals surface area contributed by atoms with E-state index >= 15 is 0 Å². The molecule has 1 aromatic heterocycles. The third kappa shape index (κ3) is 4.37. The summed E-state index contributed by atoms with van der Waals surface area (Å²) in [5.74, 6) is 0.561. The lowest BCUT2D eigenvalue weighted by Gasteiger charge is -2.20. The van der Waals surface area contributed by atoms with Crippen molar-refractivity contribution in [2.45, 2.75) is 13.5 Å². The summed E-state index contributed by atoms with van der Waals surface area (Å²) >= 11 is 6.10. The average Bonchev–Trinajstić information content (AvgIpc) is 3.17. The van der Waals surface area contributed by atoms with Crippen molar-refractivity contribution in [3.8, 4) is 11.4 Å². The minimum atomic E-state index is -0.129. The minimum absolute atomic E-state index is 0.00551. The topological polar surface area (TPSA) is 58.2 Å². The second-order valence-corrected chi connectivity index (χ2v) is 7.64. The van der Waals surface area contributed by atoms with E-state index in [0.717, 1.165) is 33.4 Å². The predicted molar refractivity (Wildman–Crippen MR) is 121 cm³/mol. The first kappa shape index (κ1) is 20.1. The molecule has 0 radical (unpaired) electrons. The molecule has 1 N–H and O–H groups in total. The van der Waals surface area contributed by atoms with Gasteiger partial charge in [0.05, 0.1) is 23.3 Å². The zero-order valence-corrected chi connectivity index (χ0v) is 17.6. The van der Waals surface area contributed by atoms with Crippen LogP contribution in [0.5, 0.6) is 0 Å². The van der Waals surface area contributed by atoms with Crippen molar-refractivity contribution in [3.05, 3.63) is 82.9 Å². The van der Waals surface area contributed by atoms with Gasteiger partial charge in [0.15, 0.2) is 0 Å². The van der Waals surface area contributed by atoms with Gasteiger partial charge in [-0.2, -0.15) is 0 Å². The van der Waals surface area contributed by atoms with E-state index in [1.807, 2.05) is 73.7 Å². The number of benzene rings is 3. The second-order valence-electron chi connectivity index (χ2n) is 7.20. The normalized spacial score (nSPS) is 11.0. The summed E-state index contributed by atoms with van der Waals surface area (Å²) < 4.78 is 5.63. The molecule has 3 aromatic carbocycles. The number of imidazole rings is 1. The van der Waals surface area contributed by atoms with Gasteiger partial charge >= 0.3 is 0 Å². The molecule has 0 unspecified atom stereocenters. The van der Waals surface area contributed by atoms with Crippen molar-refractivity contribution < 1.29 is 9.53 Å². The fourth-order valence-corrected chi connectivity index (χ4v) is 3.48. The zero-order chi connectivity index (χ0) is 21.1. The maximum absolute atomic E-state index is 12.8. The second kappa shape index (κ2) is 8.69. The van der Waals surface area contributed by atoms with Crippen LogP contribution in [0.4, 0.5) is 5.69 Å². The van der Waals surface area contributed by atoms with Crippen LogP contribution in [-0.4, -0.2) is 29.5 Å². The molecule has 0 fully saturated rings. The predicted octanol–water partition coefficient (Wildman–Crippen LogP) is 5.37. The van der Waals surface area contributed by atoms with Crippen LogP contribution in [0, 0.1) is 6.92 Å². The van der Waals surface area contributed by atoms with Gasteiger partial charge in [-0.05, 0) is 42.8 Å². The maximum atomic E-state index is 12.8. The van der Waals surface area contributed by atoms with Gasteiger partial charge < -0.3 is 14.6 Å². The van der Waals surface area contributed by atoms with Gasteiger partial charge in [0.1, 0.15) is 12.4 Å². The maximum Gasteiger partial charge on any atom is 0.252 e. The number of rotatable bonds is 6. The lowest BCUT2D eigenvalue weighted by atomic mass is 10.1. The number of nitrogens with one attached hydrogen (secondary N) is 1. The number of fused-ring (bicyclic) bond motifs is 1. The highest BCUT2D eigenvalue weighted by molar-refractivity contribution is 6.31. The van der Waals surface area contributed by atoms with E-state index in [4.69, 9.17) is 16.3 Å². The Morgan fingerprint density at radius 2 is 1.90 bits per heavy atom. The van der Waals surface area contributed by atoms with Crippen molar-refractivity contribution in [1.82, 2.24) is 9.97 Å². The molecule has 30 heavy (non-hydrogen) atoms. The van der Waals surface area contributed by atoms with Gasteiger partial charge in [-0.3, -0.25) is 4.79 Å². The monoisotopic (exact) mass is 419 g/mol. The van der Waals surface area contributed by atoms with Crippen molar-refractivity contribution >= 4 is 34.2 Å². The van der Waals surface area contributed by atoms with Gasteiger partial charge in [0.25, 0.3) is 5.91 Å². The Morgan fingerprint density at radius 1 is 1.10 bits per heavy atom. The number of ether oxygens (including phenoxy) is 1. The van der Waals surface area contributed by atoms with Crippen molar-refractivity contribution in [3.63, 3.8) is 0 Å². The molecule has 0 atom stereocenters. The fraction of sp³-hybridized carbons (Fsp3) is 0.167. The number of H-pyrrole nitrogens is 1. The molecule has 0 saturated carbocycles. The van der Waals surface area contributed by atoms with Crippen LogP contribution in [-0.2, 0) is 16.1 Å². The molecule has 0 spiro atoms. The smallest absolute Gasteiger partial charge is 0.252 e. The molecule has 152 valence electrons. The summed E-state index contributed by atoms with van der Waals surface area (Å²) in [7, 11) is 1.75. The van der Waals surface area contributed by atoms with Gasteiger partial charge in [-0.15, -0.1) is 0 Å². The Hall–Kier alpha value is -3.15. The van der Waals surface area contributed by atoms with Crippen molar-refractivity contribution in [1.29, 1.82) is 0 Å². The lowest BCUT2D eigenvalue weighted by molar-refractivity contribution is -0.123. The summed E-state index contributed by atoms with van der Waals surface area (Å²) in [6, 6.07) is 21.3. The Balaban J connectivity index is 1.56. The van der Waals surface area contributed by atoms with Gasteiger partial charge in [-0.25, -0.2) is 4.98 Å². The van der Waals surface area contributed by atoms with Crippen molar-refractivity contribution in [2.24, 2.45) is 0 Å². The van der Waals surface area contributed by atoms with Crippen LogP contribution in [0.1, 0.15) is 11.1 Å². The largest absolute Gasteiger partial charge is 0.367 e. The number of aromatic amines is 1. The number of anilines is 1. The Bertz CT molecular complexity index is 1190. The Morgan fingerprint density at radius 3 is 2.70 bits per heavy atom. The number of hydrogen-bond donors (Lipinski definition) is 1. The number of likely N-dealkylation sites (N-methyl/N-ethyl adjacent to an activating group) is 1. The Kier molecular flexibility index (Phi) is 5.84. The van der Waals surface area contributed by atoms with E-state index < -0.39 is 0 Å². The number of halogens is 1. The zero-order valence-electron chi connectivity index (χ0n) is 16.9. The minimum Gasteiger partial charge on any atom is -0.367 e. The molecule has 5 nitrogen and oxygen atoms in total. The number of amides is 1. The molecule has 0 bridgehead atoms. The average molecular weight is 420 g/mol. The number of aryl methyl sites for hydroxylation is 1. The van der Waals surface area contributed by atoms with E-state index in [1.165, 1.54) is 0 Å². The highest BCUT2D eigenvalue weighted by atomic mass is 35.5. The first-order valence-electron chi connectivity index (χ1n) is 9.66. The van der Waals surface area contributed by atoms with E-state index in [2.05, 4.69) is 9.97 Å². The number of carbonyl (C=O) groups excluding carboxylic acids is 1. The quantitative estimate of drug-likeness (QED) is 0.457. The first-order valence-corrected chi connectivity index (χ1v) is 10.0. The molecule has 1 heterocycles. The van der Waals surface area contributed by atoms with Gasteiger partial charge in [0.2, 0.25) is 0 Å². The van der Waals surface area contributed by atoms with Crippen molar-refractivity contribution in [2.75, 3.05) is 18.6 Å². The molecular weight excluding hydrogens is 398 g/mol. The van der Waals surface area contributed by atoms with Crippen LogP contribution in [0.2, 0.25) is 5.02 Å². The highest BCUT2D eigenvalue weighted by Crippen LogP contribution is 2.31. The molecule has 4 aromatic rings. The van der Waals surface area contributed by atoms with Crippen LogP contribution in [0.25, 0.3) is 22.4 Å². The molecule has 6 heteroatoms. The SMILES string of the molecule is Cc1ccc(N(C)C(=O)COCc2ccccc2)c(-c2nc3ccc(Cl)cc3[nH]2)c1. The third-order valence-corrected chi connectivity index (χ3v) is 5.16. The Labute approximate surface area is 180 Å². The van der Waals surface area contributed by atoms with Gasteiger partial charge in [0, 0.05) is 17.6 Å². The number of aromatic nitrogens is 2.